The molecule has 0 aromatic carbocycles. The third kappa shape index (κ3) is 3.70. The lowest BCUT2D eigenvalue weighted by atomic mass is 9.99. The minimum absolute atomic E-state index is 0.0415. The summed E-state index contributed by atoms with van der Waals surface area (Å²) in [4.78, 5) is 21.5. The number of hydrogen-bond donors (Lipinski definition) is 2. The second kappa shape index (κ2) is 7.69. The van der Waals surface area contributed by atoms with Crippen LogP contribution in [0.1, 0.15) is 29.8 Å². The van der Waals surface area contributed by atoms with E-state index in [-0.39, 0.29) is 11.8 Å². The van der Waals surface area contributed by atoms with Crippen LogP contribution in [0.15, 0.2) is 6.20 Å². The first-order valence-electron chi connectivity index (χ1n) is 9.01. The fraction of sp³-hybridized carbons (Fsp3) is 0.529. The molecular weight excluding hydrogens is 372 g/mol. The summed E-state index contributed by atoms with van der Waals surface area (Å²) in [5, 5.41) is 11.2. The van der Waals surface area contributed by atoms with Crippen LogP contribution in [0.5, 0.6) is 5.88 Å². The number of ether oxygens (including phenoxy) is 2. The van der Waals surface area contributed by atoms with E-state index in [2.05, 4.69) is 25.7 Å². The van der Waals surface area contributed by atoms with Crippen LogP contribution in [0.2, 0.25) is 5.02 Å². The molecule has 4 rings (SSSR count). The normalized spacial score (nSPS) is 17.7. The quantitative estimate of drug-likeness (QED) is 0.763. The molecule has 4 heterocycles. The summed E-state index contributed by atoms with van der Waals surface area (Å²) < 4.78 is 12.6. The van der Waals surface area contributed by atoms with Crippen molar-refractivity contribution in [2.45, 2.75) is 26.2 Å². The van der Waals surface area contributed by atoms with Gasteiger partial charge in [0.25, 0.3) is 11.8 Å². The molecule has 1 fully saturated rings. The zero-order valence-electron chi connectivity index (χ0n) is 15.0. The Labute approximate surface area is 161 Å². The number of hydrogen-bond acceptors (Lipinski definition) is 8. The molecular formula is C17H21ClN6O3. The van der Waals surface area contributed by atoms with Crippen molar-refractivity contribution in [1.82, 2.24) is 19.7 Å². The van der Waals surface area contributed by atoms with Gasteiger partial charge in [0.05, 0.1) is 18.5 Å². The summed E-state index contributed by atoms with van der Waals surface area (Å²) in [6.07, 6.45) is 3.67. The van der Waals surface area contributed by atoms with Crippen molar-refractivity contribution in [3.8, 4) is 5.88 Å². The van der Waals surface area contributed by atoms with Gasteiger partial charge in [-0.25, -0.2) is 4.98 Å². The number of carbonyl (C=O) groups is 1. The summed E-state index contributed by atoms with van der Waals surface area (Å²) >= 11 is 6.14. The van der Waals surface area contributed by atoms with E-state index in [1.165, 1.54) is 10.9 Å². The van der Waals surface area contributed by atoms with Crippen molar-refractivity contribution < 1.29 is 14.3 Å². The molecule has 2 aromatic rings. The highest BCUT2D eigenvalue weighted by atomic mass is 35.5. The SMILES string of the molecule is Cc1c2c(nn1C(=O)C1CCOCC1)OCCCNc1nc(ncc1Cl)N2. The molecule has 1 saturated heterocycles. The number of aromatic nitrogens is 4. The van der Waals surface area contributed by atoms with Crippen LogP contribution in [0.3, 0.4) is 0 Å². The van der Waals surface area contributed by atoms with Gasteiger partial charge in [0.2, 0.25) is 5.95 Å². The highest BCUT2D eigenvalue weighted by Crippen LogP contribution is 2.32. The van der Waals surface area contributed by atoms with E-state index < -0.39 is 0 Å². The molecule has 0 unspecified atom stereocenters. The first-order valence-corrected chi connectivity index (χ1v) is 9.39. The number of nitrogens with one attached hydrogen (secondary N) is 2. The van der Waals surface area contributed by atoms with Crippen molar-refractivity contribution in [1.29, 1.82) is 0 Å². The number of fused-ring (bicyclic) bond motifs is 3. The van der Waals surface area contributed by atoms with Gasteiger partial charge in [-0.2, -0.15) is 9.67 Å². The Morgan fingerprint density at radius 2 is 2.15 bits per heavy atom. The van der Waals surface area contributed by atoms with Crippen molar-refractivity contribution in [3.63, 3.8) is 0 Å². The van der Waals surface area contributed by atoms with Crippen molar-refractivity contribution in [3.05, 3.63) is 16.9 Å². The van der Waals surface area contributed by atoms with Crippen LogP contribution < -0.4 is 15.4 Å². The molecule has 10 heteroatoms. The predicted molar refractivity (Wildman–Crippen MR) is 100 cm³/mol. The molecule has 2 N–H and O–H groups in total. The van der Waals surface area contributed by atoms with E-state index in [9.17, 15) is 4.79 Å². The average molecular weight is 393 g/mol. The van der Waals surface area contributed by atoms with E-state index in [0.29, 0.717) is 73.3 Å². The van der Waals surface area contributed by atoms with Crippen LogP contribution >= 0.6 is 11.6 Å². The van der Waals surface area contributed by atoms with Crippen molar-refractivity contribution >= 4 is 35.0 Å². The summed E-state index contributed by atoms with van der Waals surface area (Å²) in [6, 6.07) is 0. The lowest BCUT2D eigenvalue weighted by Crippen LogP contribution is -2.29. The van der Waals surface area contributed by atoms with E-state index in [0.717, 1.165) is 6.42 Å². The number of halogens is 1. The molecule has 144 valence electrons. The molecule has 0 amide bonds. The number of carbonyl (C=O) groups excluding carboxylic acids is 1. The van der Waals surface area contributed by atoms with E-state index in [1.54, 1.807) is 0 Å². The van der Waals surface area contributed by atoms with E-state index >= 15 is 0 Å². The largest absolute Gasteiger partial charge is 0.475 e. The Morgan fingerprint density at radius 1 is 1.33 bits per heavy atom. The van der Waals surface area contributed by atoms with E-state index in [4.69, 9.17) is 21.1 Å². The minimum Gasteiger partial charge on any atom is -0.475 e. The second-order valence-corrected chi connectivity index (χ2v) is 6.95. The minimum atomic E-state index is -0.0977. The van der Waals surface area contributed by atoms with Gasteiger partial charge in [-0.3, -0.25) is 4.79 Å². The van der Waals surface area contributed by atoms with Gasteiger partial charge in [-0.15, -0.1) is 5.10 Å². The maximum absolute atomic E-state index is 12.9. The van der Waals surface area contributed by atoms with Crippen LogP contribution in [-0.4, -0.2) is 52.0 Å². The summed E-state index contributed by atoms with van der Waals surface area (Å²) in [5.74, 6) is 1.14. The van der Waals surface area contributed by atoms with Crippen molar-refractivity contribution in [2.24, 2.45) is 5.92 Å². The lowest BCUT2D eigenvalue weighted by molar-refractivity contribution is 0.0472. The number of rotatable bonds is 1. The molecule has 2 bridgehead atoms. The van der Waals surface area contributed by atoms with Gasteiger partial charge in [0, 0.05) is 25.7 Å². The van der Waals surface area contributed by atoms with Gasteiger partial charge < -0.3 is 20.1 Å². The third-order valence-electron chi connectivity index (χ3n) is 4.70. The zero-order valence-corrected chi connectivity index (χ0v) is 15.8. The fourth-order valence-electron chi connectivity index (χ4n) is 3.16. The molecule has 2 aliphatic rings. The maximum Gasteiger partial charge on any atom is 0.257 e. The van der Waals surface area contributed by atoms with E-state index in [1.807, 2.05) is 6.92 Å². The van der Waals surface area contributed by atoms with Crippen LogP contribution in [0.4, 0.5) is 17.5 Å². The fourth-order valence-corrected chi connectivity index (χ4v) is 3.32. The Kier molecular flexibility index (Phi) is 5.13. The van der Waals surface area contributed by atoms with Gasteiger partial charge in [0.1, 0.15) is 10.7 Å². The molecule has 27 heavy (non-hydrogen) atoms. The lowest BCUT2D eigenvalue weighted by Gasteiger charge is -2.20. The second-order valence-electron chi connectivity index (χ2n) is 6.55. The van der Waals surface area contributed by atoms with Gasteiger partial charge in [-0.05, 0) is 26.2 Å². The molecule has 2 aromatic heterocycles. The van der Waals surface area contributed by atoms with Crippen LogP contribution in [0.25, 0.3) is 0 Å². The molecule has 9 nitrogen and oxygen atoms in total. The summed E-state index contributed by atoms with van der Waals surface area (Å²) in [5.41, 5.74) is 1.25. The first kappa shape index (κ1) is 18.0. The topological polar surface area (TPSA) is 103 Å². The molecule has 0 spiro atoms. The zero-order chi connectivity index (χ0) is 18.8. The predicted octanol–water partition coefficient (Wildman–Crippen LogP) is 2.64. The monoisotopic (exact) mass is 392 g/mol. The Morgan fingerprint density at radius 3 is 2.96 bits per heavy atom. The maximum atomic E-state index is 12.9. The summed E-state index contributed by atoms with van der Waals surface area (Å²) in [6.45, 7) is 4.12. The Bertz CT molecular complexity index is 849. The average Bonchev–Trinajstić information content (AvgIpc) is 2.98. The Hall–Kier alpha value is -2.39. The van der Waals surface area contributed by atoms with Crippen molar-refractivity contribution in [2.75, 3.05) is 37.0 Å². The number of anilines is 3. The number of nitrogens with zero attached hydrogens (tertiary/aromatic N) is 4. The van der Waals surface area contributed by atoms with Crippen LogP contribution in [0, 0.1) is 12.8 Å². The highest BCUT2D eigenvalue weighted by Gasteiger charge is 2.28. The molecule has 0 saturated carbocycles. The summed E-state index contributed by atoms with van der Waals surface area (Å²) in [7, 11) is 0. The van der Waals surface area contributed by atoms with Gasteiger partial charge in [0.15, 0.2) is 5.82 Å². The first-order chi connectivity index (χ1) is 13.1. The Balaban J connectivity index is 1.68. The van der Waals surface area contributed by atoms with Gasteiger partial charge in [-0.1, -0.05) is 11.6 Å². The van der Waals surface area contributed by atoms with Gasteiger partial charge >= 0.3 is 0 Å². The molecule has 0 radical (unpaired) electrons. The van der Waals surface area contributed by atoms with Crippen LogP contribution in [-0.2, 0) is 4.74 Å². The highest BCUT2D eigenvalue weighted by molar-refractivity contribution is 6.32. The molecule has 2 aliphatic heterocycles. The standard InChI is InChI=1S/C17H21ClN6O3/c1-10-13-15(23-24(10)16(25)11-3-7-26-8-4-11)27-6-2-5-19-14-12(18)9-20-17(21-13)22-14/h9,11H,2-8H2,1H3,(H2,19,20,21,22). The third-order valence-corrected chi connectivity index (χ3v) is 4.97. The molecule has 0 aliphatic carbocycles. The molecule has 0 atom stereocenters. The smallest absolute Gasteiger partial charge is 0.257 e.